The molecule has 0 aromatic carbocycles. The second-order valence-corrected chi connectivity index (χ2v) is 11.5. The van der Waals surface area contributed by atoms with E-state index in [1.54, 1.807) is 4.90 Å². The zero-order chi connectivity index (χ0) is 19.8. The number of nitrogens with zero attached hydrogens (tertiary/aromatic N) is 1. The number of hydrogen-bond donors (Lipinski definition) is 1. The number of hydrogen-bond acceptors (Lipinski definition) is 5. The average Bonchev–Trinajstić information content (AvgIpc) is 3.13. The SMILES string of the molecule is CC1(NC(=O)CC2(CS(C)(=O)=O)CC2)CCN(C(=O)OC(C)(C)C)CC1. The van der Waals surface area contributed by atoms with E-state index in [1.807, 2.05) is 27.7 Å². The van der Waals surface area contributed by atoms with Crippen LogP contribution in [-0.4, -0.2) is 61.6 Å². The van der Waals surface area contributed by atoms with Crippen molar-refractivity contribution in [3.63, 3.8) is 0 Å². The first-order valence-electron chi connectivity index (χ1n) is 9.18. The molecule has 1 N–H and O–H groups in total. The lowest BCUT2D eigenvalue weighted by atomic mass is 9.89. The van der Waals surface area contributed by atoms with Crippen LogP contribution in [0.25, 0.3) is 0 Å². The van der Waals surface area contributed by atoms with E-state index in [0.29, 0.717) is 25.9 Å². The van der Waals surface area contributed by atoms with Gasteiger partial charge in [-0.3, -0.25) is 4.79 Å². The number of carbonyl (C=O) groups excluding carboxylic acids is 2. The smallest absolute Gasteiger partial charge is 0.410 e. The lowest BCUT2D eigenvalue weighted by Gasteiger charge is -2.40. The second-order valence-electron chi connectivity index (χ2n) is 9.32. The molecule has 8 heteroatoms. The summed E-state index contributed by atoms with van der Waals surface area (Å²) in [6, 6.07) is 0. The molecule has 1 saturated heterocycles. The number of ether oxygens (including phenoxy) is 1. The Labute approximate surface area is 156 Å². The van der Waals surface area contributed by atoms with Crippen molar-refractivity contribution in [2.45, 2.75) is 70.9 Å². The maximum Gasteiger partial charge on any atom is 0.410 e. The molecule has 7 nitrogen and oxygen atoms in total. The molecular formula is C18H32N2O5S. The Hall–Kier alpha value is -1.31. The second kappa shape index (κ2) is 7.02. The summed E-state index contributed by atoms with van der Waals surface area (Å²) in [5.74, 6) is -0.0179. The highest BCUT2D eigenvalue weighted by Gasteiger charge is 2.47. The predicted molar refractivity (Wildman–Crippen MR) is 99.6 cm³/mol. The molecule has 0 spiro atoms. The first-order chi connectivity index (χ1) is 11.7. The molecule has 0 bridgehead atoms. The van der Waals surface area contributed by atoms with E-state index in [2.05, 4.69) is 5.32 Å². The van der Waals surface area contributed by atoms with Crippen LogP contribution in [0.5, 0.6) is 0 Å². The molecule has 1 aliphatic carbocycles. The average molecular weight is 389 g/mol. The topological polar surface area (TPSA) is 92.8 Å². The molecule has 2 rings (SSSR count). The van der Waals surface area contributed by atoms with Crippen molar-refractivity contribution in [2.24, 2.45) is 5.41 Å². The van der Waals surface area contributed by atoms with Gasteiger partial charge in [0.25, 0.3) is 0 Å². The zero-order valence-corrected chi connectivity index (χ0v) is 17.4. The van der Waals surface area contributed by atoms with Gasteiger partial charge in [0.05, 0.1) is 5.75 Å². The molecule has 1 heterocycles. The van der Waals surface area contributed by atoms with Gasteiger partial charge in [-0.15, -0.1) is 0 Å². The fourth-order valence-corrected chi connectivity index (χ4v) is 4.96. The number of carbonyl (C=O) groups is 2. The van der Waals surface area contributed by atoms with E-state index in [1.165, 1.54) is 6.26 Å². The van der Waals surface area contributed by atoms with Gasteiger partial charge in [-0.25, -0.2) is 13.2 Å². The minimum Gasteiger partial charge on any atom is -0.444 e. The van der Waals surface area contributed by atoms with Crippen molar-refractivity contribution >= 4 is 21.8 Å². The summed E-state index contributed by atoms with van der Waals surface area (Å²) in [4.78, 5) is 26.3. The van der Waals surface area contributed by atoms with Gasteiger partial charge in [0.15, 0.2) is 0 Å². The molecule has 0 atom stereocenters. The number of rotatable bonds is 5. The van der Waals surface area contributed by atoms with Crippen LogP contribution in [0.1, 0.15) is 59.8 Å². The van der Waals surface area contributed by atoms with Crippen LogP contribution in [0.15, 0.2) is 0 Å². The molecule has 0 radical (unpaired) electrons. The van der Waals surface area contributed by atoms with Gasteiger partial charge >= 0.3 is 6.09 Å². The molecule has 2 aliphatic rings. The molecule has 150 valence electrons. The number of amides is 2. The van der Waals surface area contributed by atoms with E-state index in [9.17, 15) is 18.0 Å². The Morgan fingerprint density at radius 1 is 1.12 bits per heavy atom. The Bertz CT molecular complexity index is 654. The molecule has 1 saturated carbocycles. The van der Waals surface area contributed by atoms with Gasteiger partial charge in [-0.1, -0.05) is 0 Å². The third kappa shape index (κ3) is 6.45. The number of piperidine rings is 1. The van der Waals surface area contributed by atoms with E-state index >= 15 is 0 Å². The summed E-state index contributed by atoms with van der Waals surface area (Å²) in [7, 11) is -3.08. The highest BCUT2D eigenvalue weighted by Crippen LogP contribution is 2.49. The lowest BCUT2D eigenvalue weighted by Crippen LogP contribution is -2.55. The molecule has 0 aromatic rings. The van der Waals surface area contributed by atoms with Crippen LogP contribution in [0.2, 0.25) is 0 Å². The van der Waals surface area contributed by atoms with Gasteiger partial charge in [0.1, 0.15) is 15.4 Å². The van der Waals surface area contributed by atoms with E-state index < -0.39 is 15.4 Å². The summed E-state index contributed by atoms with van der Waals surface area (Å²) < 4.78 is 28.5. The van der Waals surface area contributed by atoms with Crippen molar-refractivity contribution in [3.8, 4) is 0 Å². The third-order valence-corrected chi connectivity index (χ3v) is 6.16. The summed E-state index contributed by atoms with van der Waals surface area (Å²) in [5.41, 5.74) is -1.27. The van der Waals surface area contributed by atoms with E-state index in [4.69, 9.17) is 4.74 Å². The summed E-state index contributed by atoms with van der Waals surface area (Å²) in [6.07, 6.45) is 4.03. The van der Waals surface area contributed by atoms with Crippen molar-refractivity contribution in [1.29, 1.82) is 0 Å². The van der Waals surface area contributed by atoms with Gasteiger partial charge in [0.2, 0.25) is 5.91 Å². The van der Waals surface area contributed by atoms with Gasteiger partial charge in [-0.05, 0) is 58.8 Å². The highest BCUT2D eigenvalue weighted by molar-refractivity contribution is 7.90. The van der Waals surface area contributed by atoms with E-state index in [-0.39, 0.29) is 35.1 Å². The fourth-order valence-electron chi connectivity index (χ4n) is 3.46. The van der Waals surface area contributed by atoms with Gasteiger partial charge in [0, 0.05) is 31.3 Å². The zero-order valence-electron chi connectivity index (χ0n) is 16.6. The Morgan fingerprint density at radius 3 is 2.08 bits per heavy atom. The first kappa shape index (κ1) is 21.0. The maximum absolute atomic E-state index is 12.4. The van der Waals surface area contributed by atoms with Crippen molar-refractivity contribution in [3.05, 3.63) is 0 Å². The van der Waals surface area contributed by atoms with Crippen molar-refractivity contribution in [1.82, 2.24) is 10.2 Å². The molecule has 2 amide bonds. The number of nitrogens with one attached hydrogen (secondary N) is 1. The largest absolute Gasteiger partial charge is 0.444 e. The van der Waals surface area contributed by atoms with Crippen LogP contribution in [0.4, 0.5) is 4.79 Å². The van der Waals surface area contributed by atoms with Crippen LogP contribution in [0.3, 0.4) is 0 Å². The Morgan fingerprint density at radius 2 is 1.65 bits per heavy atom. The monoisotopic (exact) mass is 388 g/mol. The van der Waals surface area contributed by atoms with Crippen LogP contribution in [0, 0.1) is 5.41 Å². The summed E-state index contributed by atoms with van der Waals surface area (Å²) in [5, 5.41) is 3.07. The predicted octanol–water partition coefficient (Wildman–Crippen LogP) is 2.11. The minimum atomic E-state index is -3.08. The van der Waals surface area contributed by atoms with E-state index in [0.717, 1.165) is 12.8 Å². The maximum atomic E-state index is 12.4. The standard InChI is InChI=1S/C18H32N2O5S/c1-16(2,3)25-15(22)20-10-8-17(4,9-11-20)19-14(21)12-18(6-7-18)13-26(5,23)24/h6-13H2,1-5H3,(H,19,21). The molecule has 1 aliphatic heterocycles. The number of sulfone groups is 1. The van der Waals surface area contributed by atoms with Crippen molar-refractivity contribution in [2.75, 3.05) is 25.1 Å². The van der Waals surface area contributed by atoms with Crippen molar-refractivity contribution < 1.29 is 22.7 Å². The molecule has 26 heavy (non-hydrogen) atoms. The Kier molecular flexibility index (Phi) is 5.67. The quantitative estimate of drug-likeness (QED) is 0.779. The molecule has 2 fully saturated rings. The Balaban J connectivity index is 1.83. The highest BCUT2D eigenvalue weighted by atomic mass is 32.2. The normalized spacial score (nSPS) is 21.8. The lowest BCUT2D eigenvalue weighted by molar-refractivity contribution is -0.124. The third-order valence-electron chi connectivity index (χ3n) is 5.02. The molecule has 0 aromatic heterocycles. The molecule has 0 unspecified atom stereocenters. The van der Waals surface area contributed by atoms with Crippen LogP contribution >= 0.6 is 0 Å². The van der Waals surface area contributed by atoms with Crippen LogP contribution in [-0.2, 0) is 19.4 Å². The summed E-state index contributed by atoms with van der Waals surface area (Å²) in [6.45, 7) is 8.55. The first-order valence-corrected chi connectivity index (χ1v) is 11.2. The van der Waals surface area contributed by atoms with Crippen LogP contribution < -0.4 is 5.32 Å². The van der Waals surface area contributed by atoms with Gasteiger partial charge in [-0.2, -0.15) is 0 Å². The summed E-state index contributed by atoms with van der Waals surface area (Å²) >= 11 is 0. The minimum absolute atomic E-state index is 0.0799. The van der Waals surface area contributed by atoms with Gasteiger partial charge < -0.3 is 15.0 Å². The molecular weight excluding hydrogens is 356 g/mol. The number of likely N-dealkylation sites (tertiary alicyclic amines) is 1. The fraction of sp³-hybridized carbons (Fsp3) is 0.889.